The smallest absolute Gasteiger partial charge is 0.253 e. The summed E-state index contributed by atoms with van der Waals surface area (Å²) in [5.41, 5.74) is 2.53. The standard InChI is InChI=1S/C25H23Cl2FN2O2/c26-21-2-1-3-23(14-21)32-17-18-4-6-19(7-5-18)25(31)30-12-10-29(11-13-30)16-20-8-9-22(28)15-24(20)27/h1-9,14-15H,10-13,16-17H2. The first-order valence-corrected chi connectivity index (χ1v) is 11.2. The highest BCUT2D eigenvalue weighted by Gasteiger charge is 2.22. The lowest BCUT2D eigenvalue weighted by molar-refractivity contribution is 0.0628. The first-order chi connectivity index (χ1) is 15.5. The third-order valence-electron chi connectivity index (χ3n) is 5.47. The van der Waals surface area contributed by atoms with Crippen LogP contribution in [-0.4, -0.2) is 41.9 Å². The molecular weight excluding hydrogens is 450 g/mol. The van der Waals surface area contributed by atoms with Crippen molar-refractivity contribution >= 4 is 29.1 Å². The van der Waals surface area contributed by atoms with Crippen LogP contribution in [0.3, 0.4) is 0 Å². The molecule has 1 fully saturated rings. The van der Waals surface area contributed by atoms with Gasteiger partial charge in [-0.2, -0.15) is 0 Å². The van der Waals surface area contributed by atoms with E-state index in [2.05, 4.69) is 4.90 Å². The summed E-state index contributed by atoms with van der Waals surface area (Å²) in [6, 6.07) is 19.2. The molecule has 4 nitrogen and oxygen atoms in total. The summed E-state index contributed by atoms with van der Waals surface area (Å²) in [6.45, 7) is 3.80. The zero-order valence-corrected chi connectivity index (χ0v) is 19.0. The summed E-state index contributed by atoms with van der Waals surface area (Å²) in [4.78, 5) is 17.0. The van der Waals surface area contributed by atoms with Gasteiger partial charge in [-0.1, -0.05) is 47.5 Å². The van der Waals surface area contributed by atoms with Crippen LogP contribution < -0.4 is 4.74 Å². The van der Waals surface area contributed by atoms with Crippen molar-refractivity contribution in [1.29, 1.82) is 0 Å². The largest absolute Gasteiger partial charge is 0.489 e. The molecule has 1 aliphatic rings. The molecular formula is C25H23Cl2FN2O2. The Morgan fingerprint density at radius 1 is 0.938 bits per heavy atom. The highest BCUT2D eigenvalue weighted by Crippen LogP contribution is 2.21. The SMILES string of the molecule is O=C(c1ccc(COc2cccc(Cl)c2)cc1)N1CCN(Cc2ccc(F)cc2Cl)CC1. The van der Waals surface area contributed by atoms with E-state index < -0.39 is 0 Å². The molecule has 0 atom stereocenters. The second-order valence-corrected chi connectivity index (χ2v) is 8.59. The lowest BCUT2D eigenvalue weighted by Gasteiger charge is -2.35. The summed E-state index contributed by atoms with van der Waals surface area (Å²) >= 11 is 12.1. The average Bonchev–Trinajstić information content (AvgIpc) is 2.80. The quantitative estimate of drug-likeness (QED) is 0.463. The van der Waals surface area contributed by atoms with Gasteiger partial charge in [-0.3, -0.25) is 9.69 Å². The monoisotopic (exact) mass is 472 g/mol. The molecule has 0 bridgehead atoms. The maximum absolute atomic E-state index is 13.2. The first-order valence-electron chi connectivity index (χ1n) is 10.4. The molecule has 32 heavy (non-hydrogen) atoms. The third-order valence-corrected chi connectivity index (χ3v) is 6.06. The van der Waals surface area contributed by atoms with Gasteiger partial charge in [0.1, 0.15) is 18.2 Å². The number of piperazine rings is 1. The van der Waals surface area contributed by atoms with Gasteiger partial charge in [-0.05, 0) is 53.6 Å². The van der Waals surface area contributed by atoms with Crippen molar-refractivity contribution in [1.82, 2.24) is 9.80 Å². The van der Waals surface area contributed by atoms with E-state index >= 15 is 0 Å². The van der Waals surface area contributed by atoms with Crippen LogP contribution >= 0.6 is 23.2 Å². The summed E-state index contributed by atoms with van der Waals surface area (Å²) in [5, 5.41) is 1.06. The van der Waals surface area contributed by atoms with E-state index in [1.165, 1.54) is 12.1 Å². The number of carbonyl (C=O) groups is 1. The van der Waals surface area contributed by atoms with E-state index in [0.717, 1.165) is 24.2 Å². The molecule has 0 aromatic heterocycles. The Labute approximate surface area is 197 Å². The summed E-state index contributed by atoms with van der Waals surface area (Å²) in [6.07, 6.45) is 0. The van der Waals surface area contributed by atoms with Crippen LogP contribution in [0.15, 0.2) is 66.7 Å². The number of benzene rings is 3. The molecule has 1 saturated heterocycles. The molecule has 7 heteroatoms. The van der Waals surface area contributed by atoms with Crippen molar-refractivity contribution in [3.8, 4) is 5.75 Å². The van der Waals surface area contributed by atoms with Crippen molar-refractivity contribution in [2.75, 3.05) is 26.2 Å². The normalized spacial score (nSPS) is 14.4. The molecule has 166 valence electrons. The van der Waals surface area contributed by atoms with E-state index in [0.29, 0.717) is 47.6 Å². The maximum Gasteiger partial charge on any atom is 0.253 e. The number of nitrogens with zero attached hydrogens (tertiary/aromatic N) is 2. The van der Waals surface area contributed by atoms with Crippen LogP contribution in [0, 0.1) is 5.82 Å². The van der Waals surface area contributed by atoms with Gasteiger partial charge in [0.25, 0.3) is 5.91 Å². The minimum Gasteiger partial charge on any atom is -0.489 e. The molecule has 0 spiro atoms. The molecule has 0 unspecified atom stereocenters. The molecule has 4 rings (SSSR count). The maximum atomic E-state index is 13.2. The number of hydrogen-bond acceptors (Lipinski definition) is 3. The van der Waals surface area contributed by atoms with Crippen molar-refractivity contribution < 1.29 is 13.9 Å². The minimum absolute atomic E-state index is 0.0202. The van der Waals surface area contributed by atoms with Crippen LogP contribution in [0.4, 0.5) is 4.39 Å². The lowest BCUT2D eigenvalue weighted by atomic mass is 10.1. The van der Waals surface area contributed by atoms with Crippen molar-refractivity contribution in [2.24, 2.45) is 0 Å². The van der Waals surface area contributed by atoms with Crippen LogP contribution in [0.2, 0.25) is 10.0 Å². The van der Waals surface area contributed by atoms with Crippen molar-refractivity contribution in [3.05, 3.63) is 99.3 Å². The second kappa shape index (κ2) is 10.3. The van der Waals surface area contributed by atoms with E-state index in [1.54, 1.807) is 18.2 Å². The predicted molar refractivity (Wildman–Crippen MR) is 125 cm³/mol. The zero-order valence-electron chi connectivity index (χ0n) is 17.4. The Balaban J connectivity index is 1.28. The number of ether oxygens (including phenoxy) is 1. The molecule has 0 N–H and O–H groups in total. The summed E-state index contributed by atoms with van der Waals surface area (Å²) in [7, 11) is 0. The highest BCUT2D eigenvalue weighted by atomic mass is 35.5. The van der Waals surface area contributed by atoms with Crippen LogP contribution in [0.25, 0.3) is 0 Å². The second-order valence-electron chi connectivity index (χ2n) is 7.75. The fourth-order valence-corrected chi connectivity index (χ4v) is 4.06. The Kier molecular flexibility index (Phi) is 7.30. The van der Waals surface area contributed by atoms with Gasteiger partial charge in [0.15, 0.2) is 0 Å². The zero-order chi connectivity index (χ0) is 22.5. The van der Waals surface area contributed by atoms with Gasteiger partial charge in [-0.25, -0.2) is 4.39 Å². The Morgan fingerprint density at radius 3 is 2.38 bits per heavy atom. The van der Waals surface area contributed by atoms with Crippen LogP contribution in [0.5, 0.6) is 5.75 Å². The molecule has 0 radical (unpaired) electrons. The Morgan fingerprint density at radius 2 is 1.69 bits per heavy atom. The molecule has 1 heterocycles. The number of rotatable bonds is 6. The molecule has 1 amide bonds. The molecule has 3 aromatic carbocycles. The van der Waals surface area contributed by atoms with E-state index in [4.69, 9.17) is 27.9 Å². The highest BCUT2D eigenvalue weighted by molar-refractivity contribution is 6.31. The number of carbonyl (C=O) groups excluding carboxylic acids is 1. The van der Waals surface area contributed by atoms with Gasteiger partial charge in [0.2, 0.25) is 0 Å². The topological polar surface area (TPSA) is 32.8 Å². The van der Waals surface area contributed by atoms with E-state index in [1.807, 2.05) is 41.3 Å². The van der Waals surface area contributed by atoms with Gasteiger partial charge in [0, 0.05) is 48.3 Å². The number of hydrogen-bond donors (Lipinski definition) is 0. The number of amides is 1. The fraction of sp³-hybridized carbons (Fsp3) is 0.240. The number of halogens is 3. The lowest BCUT2D eigenvalue weighted by Crippen LogP contribution is -2.48. The third kappa shape index (κ3) is 5.80. The predicted octanol–water partition coefficient (Wildman–Crippen LogP) is 5.67. The fourth-order valence-electron chi connectivity index (χ4n) is 3.65. The summed E-state index contributed by atoms with van der Waals surface area (Å²) in [5.74, 6) is 0.389. The van der Waals surface area contributed by atoms with Gasteiger partial charge >= 0.3 is 0 Å². The molecule has 0 saturated carbocycles. The molecule has 0 aliphatic carbocycles. The van der Waals surface area contributed by atoms with Gasteiger partial charge in [0.05, 0.1) is 0 Å². The first kappa shape index (κ1) is 22.6. The molecule has 1 aliphatic heterocycles. The van der Waals surface area contributed by atoms with Crippen LogP contribution in [-0.2, 0) is 13.2 Å². The van der Waals surface area contributed by atoms with Crippen molar-refractivity contribution in [2.45, 2.75) is 13.2 Å². The summed E-state index contributed by atoms with van der Waals surface area (Å²) < 4.78 is 19.0. The Bertz CT molecular complexity index is 1080. The molecule has 3 aromatic rings. The van der Waals surface area contributed by atoms with E-state index in [9.17, 15) is 9.18 Å². The average molecular weight is 473 g/mol. The minimum atomic E-state index is -0.337. The Hall–Kier alpha value is -2.60. The van der Waals surface area contributed by atoms with Crippen molar-refractivity contribution in [3.63, 3.8) is 0 Å². The van der Waals surface area contributed by atoms with Crippen LogP contribution in [0.1, 0.15) is 21.5 Å². The van der Waals surface area contributed by atoms with Gasteiger partial charge < -0.3 is 9.64 Å². The van der Waals surface area contributed by atoms with Gasteiger partial charge in [-0.15, -0.1) is 0 Å². The van der Waals surface area contributed by atoms with E-state index in [-0.39, 0.29) is 11.7 Å².